The number of nitrogens with one attached hydrogen (secondary N) is 1. The number of hydrogen-bond acceptors (Lipinski definition) is 6. The third kappa shape index (κ3) is 4.32. The third-order valence-corrected chi connectivity index (χ3v) is 5.92. The number of methoxy groups -OCH3 is 2. The Morgan fingerprint density at radius 3 is 2.41 bits per heavy atom. The monoisotopic (exact) mass is 404 g/mol. The van der Waals surface area contributed by atoms with E-state index in [4.69, 9.17) is 9.47 Å². The summed E-state index contributed by atoms with van der Waals surface area (Å²) in [6.07, 6.45) is 1.62. The average molecular weight is 404 g/mol. The fourth-order valence-electron chi connectivity index (χ4n) is 2.32. The van der Waals surface area contributed by atoms with Gasteiger partial charge in [0.1, 0.15) is 0 Å². The van der Waals surface area contributed by atoms with Gasteiger partial charge in [-0.05, 0) is 47.7 Å². The molecule has 0 bridgehead atoms. The molecule has 0 saturated carbocycles. The minimum Gasteiger partial charge on any atom is -0.493 e. The van der Waals surface area contributed by atoms with Crippen LogP contribution in [0.3, 0.4) is 0 Å². The Kier molecular flexibility index (Phi) is 5.52. The van der Waals surface area contributed by atoms with Crippen LogP contribution in [0.2, 0.25) is 0 Å². The molecule has 1 N–H and O–H groups in total. The lowest BCUT2D eigenvalue weighted by Crippen LogP contribution is -2.20. The van der Waals surface area contributed by atoms with Gasteiger partial charge in [0, 0.05) is 0 Å². The number of amides is 1. The van der Waals surface area contributed by atoms with Gasteiger partial charge < -0.3 is 9.47 Å². The van der Waals surface area contributed by atoms with Crippen molar-refractivity contribution in [3.05, 3.63) is 59.0 Å². The Labute approximate surface area is 161 Å². The van der Waals surface area contributed by atoms with Crippen molar-refractivity contribution < 1.29 is 22.7 Å². The normalized spacial score (nSPS) is 17.2. The molecule has 7 nitrogen and oxygen atoms in total. The van der Waals surface area contributed by atoms with E-state index in [0.717, 1.165) is 11.8 Å². The van der Waals surface area contributed by atoms with Crippen molar-refractivity contribution >= 4 is 38.9 Å². The minimum absolute atomic E-state index is 0.00980. The van der Waals surface area contributed by atoms with Crippen LogP contribution in [-0.2, 0) is 14.8 Å². The van der Waals surface area contributed by atoms with E-state index in [1.54, 1.807) is 42.5 Å². The highest BCUT2D eigenvalue weighted by Gasteiger charge is 2.26. The van der Waals surface area contributed by atoms with Gasteiger partial charge in [0.15, 0.2) is 16.7 Å². The van der Waals surface area contributed by atoms with Gasteiger partial charge in [-0.3, -0.25) is 10.1 Å². The van der Waals surface area contributed by atoms with E-state index in [0.29, 0.717) is 22.0 Å². The highest BCUT2D eigenvalue weighted by atomic mass is 32.2. The van der Waals surface area contributed by atoms with Crippen LogP contribution in [0.4, 0.5) is 0 Å². The van der Waals surface area contributed by atoms with Crippen molar-refractivity contribution in [2.24, 2.45) is 4.40 Å². The zero-order valence-corrected chi connectivity index (χ0v) is 16.1. The van der Waals surface area contributed by atoms with Crippen LogP contribution in [0, 0.1) is 0 Å². The van der Waals surface area contributed by atoms with Gasteiger partial charge in [-0.2, -0.15) is 8.42 Å². The first-order valence-electron chi connectivity index (χ1n) is 7.76. The van der Waals surface area contributed by atoms with E-state index < -0.39 is 15.9 Å². The van der Waals surface area contributed by atoms with Crippen LogP contribution in [0.1, 0.15) is 5.56 Å². The molecule has 3 rings (SSSR count). The van der Waals surface area contributed by atoms with E-state index >= 15 is 0 Å². The van der Waals surface area contributed by atoms with Gasteiger partial charge in [0.25, 0.3) is 15.9 Å². The van der Waals surface area contributed by atoms with Gasteiger partial charge in [-0.1, -0.05) is 24.3 Å². The molecule has 9 heteroatoms. The number of ether oxygens (including phenoxy) is 2. The maximum atomic E-state index is 12.3. The number of carbonyl (C=O) groups excluding carboxylic acids is 1. The molecule has 2 aromatic rings. The van der Waals surface area contributed by atoms with E-state index in [1.807, 2.05) is 0 Å². The summed E-state index contributed by atoms with van der Waals surface area (Å²) in [6, 6.07) is 13.0. The van der Waals surface area contributed by atoms with Gasteiger partial charge in [-0.15, -0.1) is 4.40 Å². The maximum Gasteiger partial charge on any atom is 0.284 e. The number of sulfonamides is 1. The summed E-state index contributed by atoms with van der Waals surface area (Å²) < 4.78 is 38.8. The Hall–Kier alpha value is -2.78. The van der Waals surface area contributed by atoms with Crippen molar-refractivity contribution in [2.75, 3.05) is 14.2 Å². The van der Waals surface area contributed by atoms with Crippen LogP contribution in [0.5, 0.6) is 11.5 Å². The molecule has 1 amide bonds. The van der Waals surface area contributed by atoms with Crippen LogP contribution >= 0.6 is 11.8 Å². The van der Waals surface area contributed by atoms with E-state index in [9.17, 15) is 13.2 Å². The van der Waals surface area contributed by atoms with Crippen LogP contribution in [0.15, 0.2) is 62.7 Å². The van der Waals surface area contributed by atoms with Crippen molar-refractivity contribution in [1.29, 1.82) is 0 Å². The molecular weight excluding hydrogens is 388 g/mol. The lowest BCUT2D eigenvalue weighted by atomic mass is 10.2. The van der Waals surface area contributed by atoms with E-state index in [1.165, 1.54) is 26.4 Å². The summed E-state index contributed by atoms with van der Waals surface area (Å²) in [4.78, 5) is 12.5. The van der Waals surface area contributed by atoms with Gasteiger partial charge in [-0.25, -0.2) is 0 Å². The summed E-state index contributed by atoms with van der Waals surface area (Å²) >= 11 is 0.958. The highest BCUT2D eigenvalue weighted by molar-refractivity contribution is 8.19. The second kappa shape index (κ2) is 7.85. The quantitative estimate of drug-likeness (QED) is 0.770. The molecular formula is C18H16N2O5S2. The number of benzene rings is 2. The van der Waals surface area contributed by atoms with E-state index in [-0.39, 0.29) is 10.1 Å². The Morgan fingerprint density at radius 1 is 1.04 bits per heavy atom. The second-order valence-corrected chi connectivity index (χ2v) is 8.00. The smallest absolute Gasteiger partial charge is 0.284 e. The first-order chi connectivity index (χ1) is 12.9. The number of amidine groups is 1. The highest BCUT2D eigenvalue weighted by Crippen LogP contribution is 2.31. The standard InChI is InChI=1S/C18H16N2O5S2/c1-24-14-9-8-12(10-15(14)25-2)11-16-17(21)19-18(26-16)20-27(22,23)13-6-4-3-5-7-13/h3-11H,1-2H3,(H,19,20,21). The molecule has 0 spiro atoms. The Bertz CT molecular complexity index is 1030. The zero-order chi connectivity index (χ0) is 19.4. The Morgan fingerprint density at radius 2 is 1.74 bits per heavy atom. The number of nitrogens with zero attached hydrogens (tertiary/aromatic N) is 1. The topological polar surface area (TPSA) is 94.1 Å². The average Bonchev–Trinajstić information content (AvgIpc) is 3.00. The van der Waals surface area contributed by atoms with Crippen molar-refractivity contribution in [3.63, 3.8) is 0 Å². The predicted octanol–water partition coefficient (Wildman–Crippen LogP) is 2.65. The summed E-state index contributed by atoms with van der Waals surface area (Å²) in [7, 11) is -0.842. The zero-order valence-electron chi connectivity index (χ0n) is 14.5. The first kappa shape index (κ1) is 19.0. The Balaban J connectivity index is 1.86. The third-order valence-electron chi connectivity index (χ3n) is 3.60. The molecule has 1 heterocycles. The summed E-state index contributed by atoms with van der Waals surface area (Å²) in [6.45, 7) is 0. The minimum atomic E-state index is -3.89. The van der Waals surface area contributed by atoms with Crippen molar-refractivity contribution in [2.45, 2.75) is 4.90 Å². The lowest BCUT2D eigenvalue weighted by Gasteiger charge is -2.07. The molecule has 27 heavy (non-hydrogen) atoms. The maximum absolute atomic E-state index is 12.3. The summed E-state index contributed by atoms with van der Waals surface area (Å²) in [5, 5.41) is 2.48. The molecule has 1 fully saturated rings. The SMILES string of the molecule is COc1ccc(C=C2S/C(=N/S(=O)(=O)c3ccccc3)NC2=O)cc1OC. The molecule has 1 aliphatic heterocycles. The number of carbonyl (C=O) groups is 1. The molecule has 0 atom stereocenters. The van der Waals surface area contributed by atoms with Gasteiger partial charge in [0.2, 0.25) is 0 Å². The van der Waals surface area contributed by atoms with Crippen molar-refractivity contribution in [1.82, 2.24) is 5.32 Å². The van der Waals surface area contributed by atoms with E-state index in [2.05, 4.69) is 9.71 Å². The summed E-state index contributed by atoms with van der Waals surface area (Å²) in [5.41, 5.74) is 0.706. The fourth-order valence-corrected chi connectivity index (χ4v) is 4.32. The van der Waals surface area contributed by atoms with Gasteiger partial charge in [0.05, 0.1) is 24.0 Å². The van der Waals surface area contributed by atoms with Crippen LogP contribution in [-0.4, -0.2) is 33.7 Å². The lowest BCUT2D eigenvalue weighted by molar-refractivity contribution is -0.115. The molecule has 140 valence electrons. The molecule has 0 radical (unpaired) electrons. The molecule has 1 saturated heterocycles. The molecule has 2 aromatic carbocycles. The van der Waals surface area contributed by atoms with Crippen LogP contribution in [0.25, 0.3) is 6.08 Å². The largest absolute Gasteiger partial charge is 0.493 e. The summed E-state index contributed by atoms with van der Waals surface area (Å²) in [5.74, 6) is 0.673. The molecule has 0 aromatic heterocycles. The second-order valence-electron chi connectivity index (χ2n) is 5.36. The number of hydrogen-bond donors (Lipinski definition) is 1. The number of rotatable bonds is 5. The molecule has 0 unspecified atom stereocenters. The van der Waals surface area contributed by atoms with Crippen molar-refractivity contribution in [3.8, 4) is 11.5 Å². The first-order valence-corrected chi connectivity index (χ1v) is 10.0. The molecule has 0 aliphatic carbocycles. The van der Waals surface area contributed by atoms with Gasteiger partial charge >= 0.3 is 0 Å². The molecule has 1 aliphatic rings. The fraction of sp³-hybridized carbons (Fsp3) is 0.111. The predicted molar refractivity (Wildman–Crippen MR) is 104 cm³/mol. The van der Waals surface area contributed by atoms with Crippen LogP contribution < -0.4 is 14.8 Å². The number of thioether (sulfide) groups is 1.